The van der Waals surface area contributed by atoms with Crippen molar-refractivity contribution in [3.05, 3.63) is 122 Å². The van der Waals surface area contributed by atoms with E-state index in [2.05, 4.69) is 50.4 Å². The van der Waals surface area contributed by atoms with Crippen LogP contribution in [0.3, 0.4) is 0 Å². The van der Waals surface area contributed by atoms with Crippen molar-refractivity contribution < 1.29 is 18.8 Å². The number of thioether (sulfide) groups is 1. The molecule has 5 aromatic rings. The molecular weight excluding hydrogens is 682 g/mol. The van der Waals surface area contributed by atoms with E-state index in [1.165, 1.54) is 46.1 Å². The van der Waals surface area contributed by atoms with Crippen LogP contribution in [0.25, 0.3) is 10.8 Å². The Balaban J connectivity index is 1.10. The van der Waals surface area contributed by atoms with Crippen molar-refractivity contribution >= 4 is 63.0 Å². The zero-order valence-electron chi connectivity index (χ0n) is 28.3. The smallest absolute Gasteiger partial charge is 0.308 e. The zero-order valence-corrected chi connectivity index (χ0v) is 30.0. The van der Waals surface area contributed by atoms with Crippen molar-refractivity contribution in [2.24, 2.45) is 29.6 Å². The van der Waals surface area contributed by atoms with Crippen LogP contribution in [0, 0.1) is 35.4 Å². The molecule has 1 N–H and O–H groups in total. The normalized spacial score (nSPS) is 26.4. The summed E-state index contributed by atoms with van der Waals surface area (Å²) in [5, 5.41) is 5.73. The summed E-state index contributed by atoms with van der Waals surface area (Å²) in [7, 11) is 0. The number of carbonyl (C=O) groups excluding carboxylic acids is 3. The molecule has 7 unspecified atom stereocenters. The van der Waals surface area contributed by atoms with Crippen LogP contribution in [0.1, 0.15) is 49.1 Å². The first-order valence-electron chi connectivity index (χ1n) is 17.4. The van der Waals surface area contributed by atoms with Crippen LogP contribution in [-0.4, -0.2) is 27.5 Å². The molecular formula is C41H36FN3O4S2. The monoisotopic (exact) mass is 717 g/mol. The Morgan fingerprint density at radius 3 is 2.27 bits per heavy atom. The Morgan fingerprint density at radius 2 is 1.55 bits per heavy atom. The van der Waals surface area contributed by atoms with Crippen molar-refractivity contribution in [2.75, 3.05) is 10.2 Å². The van der Waals surface area contributed by atoms with E-state index >= 15 is 0 Å². The molecule has 2 aliphatic heterocycles. The van der Waals surface area contributed by atoms with E-state index in [0.717, 1.165) is 32.7 Å². The highest BCUT2D eigenvalue weighted by molar-refractivity contribution is 8.00. The third kappa shape index (κ3) is 5.04. The van der Waals surface area contributed by atoms with Gasteiger partial charge < -0.3 is 5.32 Å². The molecule has 258 valence electrons. The molecule has 9 rings (SSSR count). The van der Waals surface area contributed by atoms with Gasteiger partial charge in [-0.2, -0.15) is 0 Å². The van der Waals surface area contributed by atoms with Crippen LogP contribution < -0.4 is 15.1 Å². The molecule has 0 spiro atoms. The molecule has 2 saturated carbocycles. The van der Waals surface area contributed by atoms with E-state index in [1.54, 1.807) is 16.3 Å². The minimum Gasteiger partial charge on any atom is -0.324 e. The quantitative estimate of drug-likeness (QED) is 0.188. The lowest BCUT2D eigenvalue weighted by Crippen LogP contribution is -2.43. The van der Waals surface area contributed by atoms with Crippen LogP contribution in [0.2, 0.25) is 0 Å². The van der Waals surface area contributed by atoms with Gasteiger partial charge in [0.15, 0.2) is 0 Å². The molecule has 3 heterocycles. The molecule has 4 aromatic carbocycles. The van der Waals surface area contributed by atoms with Crippen LogP contribution in [-0.2, 0) is 26.3 Å². The van der Waals surface area contributed by atoms with Crippen molar-refractivity contribution in [2.45, 2.75) is 55.3 Å². The molecule has 1 saturated heterocycles. The van der Waals surface area contributed by atoms with Gasteiger partial charge in [0.1, 0.15) is 12.4 Å². The summed E-state index contributed by atoms with van der Waals surface area (Å²) in [6, 6.07) is 27.8. The Bertz CT molecular complexity index is 2300. The average molecular weight is 718 g/mol. The molecule has 7 atom stereocenters. The van der Waals surface area contributed by atoms with E-state index in [9.17, 15) is 23.6 Å². The summed E-state index contributed by atoms with van der Waals surface area (Å²) in [5.74, 6) is -2.36. The summed E-state index contributed by atoms with van der Waals surface area (Å²) in [4.78, 5) is 57.6. The standard InChI is InChI=1S/C41H36FN3O4S2/c1-41(2,3)23-13-11-22(12-14-23)31-32-27-19-28(34-33(27)37(47)45(38(34)48)25-17-15-24(42)16-18-25)35(32)50-39-36(31)51-40(49)44(39)20-30(46)43-29-10-6-8-21-7-4-5-9-26(21)29/h4-18,27-28,31-35H,19-20H2,1-3H3,(H,43,46). The third-order valence-electron chi connectivity index (χ3n) is 11.5. The van der Waals surface area contributed by atoms with Gasteiger partial charge in [-0.15, -0.1) is 11.8 Å². The van der Waals surface area contributed by atoms with Gasteiger partial charge in [0.2, 0.25) is 17.7 Å². The fraction of sp³-hybridized carbons (Fsp3) is 0.317. The number of imide groups is 1. The molecule has 2 bridgehead atoms. The summed E-state index contributed by atoms with van der Waals surface area (Å²) >= 11 is 2.80. The van der Waals surface area contributed by atoms with Gasteiger partial charge in [0.25, 0.3) is 0 Å². The van der Waals surface area contributed by atoms with E-state index in [1.807, 2.05) is 42.5 Å². The van der Waals surface area contributed by atoms with Gasteiger partial charge >= 0.3 is 4.87 Å². The van der Waals surface area contributed by atoms with Crippen LogP contribution >= 0.6 is 23.1 Å². The minimum atomic E-state index is -0.472. The van der Waals surface area contributed by atoms with E-state index in [4.69, 9.17) is 0 Å². The van der Waals surface area contributed by atoms with Gasteiger partial charge in [0.05, 0.1) is 22.5 Å². The number of carbonyl (C=O) groups is 3. The number of hydrogen-bond acceptors (Lipinski definition) is 6. The maximum absolute atomic E-state index is 14.1. The largest absolute Gasteiger partial charge is 0.324 e. The Morgan fingerprint density at radius 1 is 0.863 bits per heavy atom. The highest BCUT2D eigenvalue weighted by Crippen LogP contribution is 2.69. The molecule has 1 aromatic heterocycles. The Hall–Kier alpha value is -4.54. The summed E-state index contributed by atoms with van der Waals surface area (Å²) in [5.41, 5.74) is 3.32. The first-order chi connectivity index (χ1) is 24.5. The second kappa shape index (κ2) is 11.7. The predicted molar refractivity (Wildman–Crippen MR) is 199 cm³/mol. The average Bonchev–Trinajstić information content (AvgIpc) is 3.83. The number of anilines is 2. The number of fused-ring (bicyclic) bond motifs is 10. The van der Waals surface area contributed by atoms with Crippen molar-refractivity contribution in [3.8, 4) is 0 Å². The lowest BCUT2D eigenvalue weighted by molar-refractivity contribution is -0.123. The summed E-state index contributed by atoms with van der Waals surface area (Å²) < 4.78 is 15.4. The lowest BCUT2D eigenvalue weighted by atomic mass is 9.68. The summed E-state index contributed by atoms with van der Waals surface area (Å²) in [6.45, 7) is 6.39. The van der Waals surface area contributed by atoms with E-state index in [0.29, 0.717) is 11.4 Å². The van der Waals surface area contributed by atoms with Crippen LogP contribution in [0.4, 0.5) is 15.8 Å². The third-order valence-corrected chi connectivity index (χ3v) is 14.3. The number of nitrogens with one attached hydrogen (secondary N) is 1. The van der Waals surface area contributed by atoms with Gasteiger partial charge in [-0.3, -0.25) is 28.6 Å². The molecule has 4 aliphatic rings. The van der Waals surface area contributed by atoms with Crippen molar-refractivity contribution in [3.63, 3.8) is 0 Å². The second-order valence-electron chi connectivity index (χ2n) is 15.3. The number of halogens is 1. The number of thiazole rings is 1. The first-order valence-corrected chi connectivity index (χ1v) is 19.1. The van der Waals surface area contributed by atoms with Crippen molar-refractivity contribution in [1.82, 2.24) is 4.57 Å². The summed E-state index contributed by atoms with van der Waals surface area (Å²) in [6.07, 6.45) is 0.754. The number of aromatic nitrogens is 1. The maximum atomic E-state index is 14.1. The first kappa shape index (κ1) is 32.4. The van der Waals surface area contributed by atoms with Crippen molar-refractivity contribution in [1.29, 1.82) is 0 Å². The maximum Gasteiger partial charge on any atom is 0.308 e. The zero-order chi connectivity index (χ0) is 35.3. The molecule has 2 aliphatic carbocycles. The van der Waals surface area contributed by atoms with Gasteiger partial charge in [-0.1, -0.05) is 92.8 Å². The molecule has 3 amide bonds. The molecule has 3 fully saturated rings. The number of amides is 3. The number of rotatable bonds is 5. The van der Waals surface area contributed by atoms with Gasteiger partial charge in [0, 0.05) is 27.1 Å². The van der Waals surface area contributed by atoms with E-state index in [-0.39, 0.29) is 63.5 Å². The fourth-order valence-electron chi connectivity index (χ4n) is 9.33. The second-order valence-corrected chi connectivity index (χ2v) is 17.5. The molecule has 51 heavy (non-hydrogen) atoms. The minimum absolute atomic E-state index is 0.0233. The SMILES string of the molecule is CC(C)(C)c1ccc(C2c3sc(=O)n(CC(=O)Nc4cccc5ccccc45)c3SC3C4CC(C5C(=O)N(c6ccc(F)cc6)C(=O)C45)C23)cc1. The lowest BCUT2D eigenvalue weighted by Gasteiger charge is -2.43. The number of nitrogens with zero attached hydrogens (tertiary/aromatic N) is 2. The molecule has 0 radical (unpaired) electrons. The van der Waals surface area contributed by atoms with Crippen LogP contribution in [0.15, 0.2) is 101 Å². The molecule has 7 nitrogen and oxygen atoms in total. The topological polar surface area (TPSA) is 88.5 Å². The Kier molecular flexibility index (Phi) is 7.46. The highest BCUT2D eigenvalue weighted by atomic mass is 32.2. The fourth-order valence-corrected chi connectivity index (χ4v) is 12.5. The highest BCUT2D eigenvalue weighted by Gasteiger charge is 2.69. The molecule has 10 heteroatoms. The van der Waals surface area contributed by atoms with Gasteiger partial charge in [-0.05, 0) is 76.4 Å². The Labute approximate surface area is 302 Å². The van der Waals surface area contributed by atoms with E-state index < -0.39 is 17.7 Å². The number of benzene rings is 4. The number of hydrogen-bond donors (Lipinski definition) is 1. The van der Waals surface area contributed by atoms with Gasteiger partial charge in [-0.25, -0.2) is 4.39 Å². The van der Waals surface area contributed by atoms with Crippen LogP contribution in [0.5, 0.6) is 0 Å². The predicted octanol–water partition coefficient (Wildman–Crippen LogP) is 7.82.